The summed E-state index contributed by atoms with van der Waals surface area (Å²) >= 11 is 0. The maximum atomic E-state index is 11.0. The van der Waals surface area contributed by atoms with Crippen LogP contribution in [0.5, 0.6) is 0 Å². The molecular weight excluding hydrogens is 174 g/mol. The number of carbonyl (C=O) groups is 1. The Balaban J connectivity index is 2.16. The number of nitrogens with two attached hydrogens (primary N) is 1. The molecule has 0 amide bonds. The number of rotatable bonds is 3. The molecule has 0 saturated heterocycles. The van der Waals surface area contributed by atoms with Crippen molar-refractivity contribution in [1.82, 2.24) is 0 Å². The fraction of sp³-hybridized carbons (Fsp3) is 0.417. The quantitative estimate of drug-likeness (QED) is 0.741. The Kier molecular flexibility index (Phi) is 2.38. The highest BCUT2D eigenvalue weighted by Gasteiger charge is 2.29. The maximum Gasteiger partial charge on any atom is 0.159 e. The van der Waals surface area contributed by atoms with Crippen molar-refractivity contribution in [1.29, 1.82) is 0 Å². The van der Waals surface area contributed by atoms with E-state index in [9.17, 15) is 4.79 Å². The first-order chi connectivity index (χ1) is 6.68. The molecule has 0 aliphatic heterocycles. The van der Waals surface area contributed by atoms with Gasteiger partial charge >= 0.3 is 0 Å². The molecule has 1 aromatic rings. The van der Waals surface area contributed by atoms with Gasteiger partial charge in [-0.25, -0.2) is 0 Å². The smallest absolute Gasteiger partial charge is 0.159 e. The number of Topliss-reactive ketones (excluding diaryl/α,β-unsaturated/α-hetero) is 1. The van der Waals surface area contributed by atoms with Crippen LogP contribution in [0.15, 0.2) is 24.3 Å². The van der Waals surface area contributed by atoms with Gasteiger partial charge in [-0.15, -0.1) is 0 Å². The third kappa shape index (κ3) is 1.85. The molecule has 1 aromatic carbocycles. The van der Waals surface area contributed by atoms with Crippen molar-refractivity contribution in [3.8, 4) is 0 Å². The average molecular weight is 189 g/mol. The number of hydrogen-bond acceptors (Lipinski definition) is 2. The first-order valence-corrected chi connectivity index (χ1v) is 5.05. The standard InChI is InChI=1S/C12H15NO/c1-8(14)9-2-4-10(5-3-9)12(13)11-6-7-11/h2-5,11-12H,6-7,13H2,1H3. The summed E-state index contributed by atoms with van der Waals surface area (Å²) < 4.78 is 0. The lowest BCUT2D eigenvalue weighted by atomic mass is 10.0. The molecule has 14 heavy (non-hydrogen) atoms. The van der Waals surface area contributed by atoms with Gasteiger partial charge in [-0.1, -0.05) is 24.3 Å². The second-order valence-corrected chi connectivity index (χ2v) is 4.04. The van der Waals surface area contributed by atoms with Crippen molar-refractivity contribution in [2.45, 2.75) is 25.8 Å². The number of carbonyl (C=O) groups excluding carboxylic acids is 1. The monoisotopic (exact) mass is 189 g/mol. The lowest BCUT2D eigenvalue weighted by Gasteiger charge is -2.10. The Labute approximate surface area is 84.1 Å². The maximum absolute atomic E-state index is 11.0. The number of hydrogen-bond donors (Lipinski definition) is 1. The van der Waals surface area contributed by atoms with E-state index in [1.807, 2.05) is 24.3 Å². The van der Waals surface area contributed by atoms with Gasteiger partial charge < -0.3 is 5.73 Å². The minimum atomic E-state index is 0.108. The molecule has 2 nitrogen and oxygen atoms in total. The van der Waals surface area contributed by atoms with E-state index in [1.165, 1.54) is 12.8 Å². The third-order valence-electron chi connectivity index (χ3n) is 2.83. The molecule has 1 unspecified atom stereocenters. The Bertz CT molecular complexity index is 338. The molecule has 0 spiro atoms. The summed E-state index contributed by atoms with van der Waals surface area (Å²) in [6.45, 7) is 1.58. The fourth-order valence-corrected chi connectivity index (χ4v) is 1.67. The molecule has 1 atom stereocenters. The van der Waals surface area contributed by atoms with Crippen molar-refractivity contribution in [3.63, 3.8) is 0 Å². The molecule has 0 bridgehead atoms. The van der Waals surface area contributed by atoms with Crippen molar-refractivity contribution in [2.24, 2.45) is 11.7 Å². The summed E-state index contributed by atoms with van der Waals surface area (Å²) in [5, 5.41) is 0. The SMILES string of the molecule is CC(=O)c1ccc(C(N)C2CC2)cc1. The van der Waals surface area contributed by atoms with Crippen LogP contribution in [0.1, 0.15) is 41.7 Å². The van der Waals surface area contributed by atoms with Gasteiger partial charge in [-0.05, 0) is 31.2 Å². The van der Waals surface area contributed by atoms with E-state index in [4.69, 9.17) is 5.73 Å². The van der Waals surface area contributed by atoms with E-state index < -0.39 is 0 Å². The third-order valence-corrected chi connectivity index (χ3v) is 2.83. The number of ketones is 1. The van der Waals surface area contributed by atoms with Crippen molar-refractivity contribution in [3.05, 3.63) is 35.4 Å². The summed E-state index contributed by atoms with van der Waals surface area (Å²) in [4.78, 5) is 11.0. The van der Waals surface area contributed by atoms with Crippen molar-refractivity contribution < 1.29 is 4.79 Å². The lowest BCUT2D eigenvalue weighted by Crippen LogP contribution is -2.12. The Morgan fingerprint density at radius 3 is 2.36 bits per heavy atom. The molecule has 1 saturated carbocycles. The van der Waals surface area contributed by atoms with E-state index in [0.717, 1.165) is 11.1 Å². The van der Waals surface area contributed by atoms with Crippen LogP contribution in [0.3, 0.4) is 0 Å². The Morgan fingerprint density at radius 2 is 1.93 bits per heavy atom. The van der Waals surface area contributed by atoms with Crippen LogP contribution in [-0.4, -0.2) is 5.78 Å². The summed E-state index contributed by atoms with van der Waals surface area (Å²) in [6, 6.07) is 7.83. The van der Waals surface area contributed by atoms with Gasteiger partial charge in [0.25, 0.3) is 0 Å². The zero-order valence-corrected chi connectivity index (χ0v) is 8.36. The first-order valence-electron chi connectivity index (χ1n) is 5.05. The Morgan fingerprint density at radius 1 is 1.36 bits per heavy atom. The fourth-order valence-electron chi connectivity index (χ4n) is 1.67. The zero-order chi connectivity index (χ0) is 10.1. The molecule has 1 aliphatic carbocycles. The molecule has 2 rings (SSSR count). The normalized spacial score (nSPS) is 17.9. The average Bonchev–Trinajstić information content (AvgIpc) is 3.00. The molecule has 0 aromatic heterocycles. The minimum Gasteiger partial charge on any atom is -0.324 e. The van der Waals surface area contributed by atoms with E-state index >= 15 is 0 Å². The van der Waals surface area contributed by atoms with E-state index in [-0.39, 0.29) is 11.8 Å². The van der Waals surface area contributed by atoms with Gasteiger partial charge in [-0.3, -0.25) is 4.79 Å². The molecule has 2 N–H and O–H groups in total. The van der Waals surface area contributed by atoms with Gasteiger partial charge in [0.05, 0.1) is 0 Å². The van der Waals surface area contributed by atoms with Gasteiger partial charge in [0, 0.05) is 11.6 Å². The van der Waals surface area contributed by atoms with Crippen molar-refractivity contribution in [2.75, 3.05) is 0 Å². The predicted molar refractivity (Wildman–Crippen MR) is 56.1 cm³/mol. The number of benzene rings is 1. The van der Waals surface area contributed by atoms with Gasteiger partial charge in [0.2, 0.25) is 0 Å². The molecule has 2 heteroatoms. The van der Waals surface area contributed by atoms with Crippen LogP contribution in [0.2, 0.25) is 0 Å². The second-order valence-electron chi connectivity index (χ2n) is 4.04. The second kappa shape index (κ2) is 3.54. The van der Waals surface area contributed by atoms with E-state index in [0.29, 0.717) is 5.92 Å². The first kappa shape index (κ1) is 9.41. The van der Waals surface area contributed by atoms with Crippen LogP contribution in [0.4, 0.5) is 0 Å². The van der Waals surface area contributed by atoms with Crippen molar-refractivity contribution >= 4 is 5.78 Å². The highest BCUT2D eigenvalue weighted by atomic mass is 16.1. The Hall–Kier alpha value is -1.15. The topological polar surface area (TPSA) is 43.1 Å². The van der Waals surface area contributed by atoms with Crippen LogP contribution >= 0.6 is 0 Å². The molecule has 1 aliphatic rings. The van der Waals surface area contributed by atoms with Crippen LogP contribution in [0.25, 0.3) is 0 Å². The summed E-state index contributed by atoms with van der Waals surface area (Å²) in [7, 11) is 0. The van der Waals surface area contributed by atoms with Crippen LogP contribution in [0, 0.1) is 5.92 Å². The lowest BCUT2D eigenvalue weighted by molar-refractivity contribution is 0.101. The zero-order valence-electron chi connectivity index (χ0n) is 8.36. The van der Waals surface area contributed by atoms with Gasteiger partial charge in [0.1, 0.15) is 0 Å². The minimum absolute atomic E-state index is 0.108. The summed E-state index contributed by atoms with van der Waals surface area (Å²) in [6.07, 6.45) is 2.49. The highest BCUT2D eigenvalue weighted by Crippen LogP contribution is 2.39. The van der Waals surface area contributed by atoms with E-state index in [2.05, 4.69) is 0 Å². The molecule has 1 fully saturated rings. The molecule has 0 radical (unpaired) electrons. The van der Waals surface area contributed by atoms with Crippen LogP contribution < -0.4 is 5.73 Å². The van der Waals surface area contributed by atoms with Crippen LogP contribution in [-0.2, 0) is 0 Å². The molecular formula is C12H15NO. The largest absolute Gasteiger partial charge is 0.324 e. The van der Waals surface area contributed by atoms with Gasteiger partial charge in [0.15, 0.2) is 5.78 Å². The highest BCUT2D eigenvalue weighted by molar-refractivity contribution is 5.94. The van der Waals surface area contributed by atoms with E-state index in [1.54, 1.807) is 6.92 Å². The molecule has 0 heterocycles. The molecule has 74 valence electrons. The summed E-state index contributed by atoms with van der Waals surface area (Å²) in [5.74, 6) is 0.773. The predicted octanol–water partition coefficient (Wildman–Crippen LogP) is 2.30. The van der Waals surface area contributed by atoms with Gasteiger partial charge in [-0.2, -0.15) is 0 Å². The summed E-state index contributed by atoms with van der Waals surface area (Å²) in [5.41, 5.74) is 7.95.